The molecule has 0 aliphatic carbocycles. The van der Waals surface area contributed by atoms with Gasteiger partial charge in [0.05, 0.1) is 12.7 Å². The summed E-state index contributed by atoms with van der Waals surface area (Å²) in [6.45, 7) is -1.10. The number of nitrogens with one attached hydrogen (secondary N) is 2. The number of nitrogens with zero attached hydrogens (tertiary/aromatic N) is 1. The van der Waals surface area contributed by atoms with Gasteiger partial charge in [-0.25, -0.2) is 13.6 Å². The lowest BCUT2D eigenvalue weighted by Crippen LogP contribution is -2.35. The van der Waals surface area contributed by atoms with Gasteiger partial charge < -0.3 is 20.1 Å². The van der Waals surface area contributed by atoms with E-state index in [2.05, 4.69) is 15.6 Å². The molecule has 0 fully saturated rings. The summed E-state index contributed by atoms with van der Waals surface area (Å²) in [7, 11) is 0. The first-order valence-electron chi connectivity index (χ1n) is 9.28. The van der Waals surface area contributed by atoms with Gasteiger partial charge in [0.2, 0.25) is 5.91 Å². The number of hydrogen-bond acceptors (Lipinski definition) is 6. The predicted molar refractivity (Wildman–Crippen MR) is 109 cm³/mol. The normalized spacial score (nSPS) is 10.2. The minimum absolute atomic E-state index is 0.0276. The van der Waals surface area contributed by atoms with Crippen molar-refractivity contribution in [3.8, 4) is 11.5 Å². The van der Waals surface area contributed by atoms with Crippen molar-refractivity contribution in [2.24, 2.45) is 0 Å². The second-order valence-electron chi connectivity index (χ2n) is 6.32. The predicted octanol–water partition coefficient (Wildman–Crippen LogP) is 3.06. The molecular weight excluding hydrogens is 424 g/mol. The molecule has 0 aliphatic heterocycles. The molecule has 10 heteroatoms. The Morgan fingerprint density at radius 2 is 1.75 bits per heavy atom. The lowest BCUT2D eigenvalue weighted by atomic mass is 10.2. The Labute approximate surface area is 181 Å². The Hall–Kier alpha value is -4.34. The fourth-order valence-corrected chi connectivity index (χ4v) is 2.48. The third-order valence-electron chi connectivity index (χ3n) is 3.95. The number of benzene rings is 2. The highest BCUT2D eigenvalue weighted by Gasteiger charge is 2.16. The fraction of sp³-hybridized carbons (Fsp3) is 0.0909. The van der Waals surface area contributed by atoms with Crippen LogP contribution in [0.2, 0.25) is 0 Å². The number of ether oxygens (including phenoxy) is 2. The Balaban J connectivity index is 1.48. The van der Waals surface area contributed by atoms with E-state index in [-0.39, 0.29) is 17.0 Å². The third-order valence-corrected chi connectivity index (χ3v) is 3.95. The van der Waals surface area contributed by atoms with Crippen LogP contribution in [-0.2, 0) is 14.3 Å². The highest BCUT2D eigenvalue weighted by molar-refractivity contribution is 5.96. The molecule has 1 aromatic heterocycles. The summed E-state index contributed by atoms with van der Waals surface area (Å²) in [6.07, 6.45) is 3.05. The van der Waals surface area contributed by atoms with Crippen LogP contribution >= 0.6 is 0 Å². The number of para-hydroxylation sites is 1. The lowest BCUT2D eigenvalue weighted by molar-refractivity contribution is -0.126. The molecule has 0 unspecified atom stereocenters. The molecule has 164 valence electrons. The average molecular weight is 441 g/mol. The molecule has 0 atom stereocenters. The highest BCUT2D eigenvalue weighted by atomic mass is 19.2. The quantitative estimate of drug-likeness (QED) is 0.521. The summed E-state index contributed by atoms with van der Waals surface area (Å²) in [5.41, 5.74) is 0.125. The molecule has 0 saturated carbocycles. The van der Waals surface area contributed by atoms with Gasteiger partial charge in [-0.3, -0.25) is 14.6 Å². The first-order valence-corrected chi connectivity index (χ1v) is 9.28. The molecule has 3 rings (SSSR count). The lowest BCUT2D eigenvalue weighted by Gasteiger charge is -2.11. The number of pyridine rings is 1. The van der Waals surface area contributed by atoms with Gasteiger partial charge in [0.1, 0.15) is 17.1 Å². The number of halogens is 2. The Morgan fingerprint density at radius 3 is 2.50 bits per heavy atom. The zero-order valence-electron chi connectivity index (χ0n) is 16.5. The van der Waals surface area contributed by atoms with Crippen LogP contribution in [-0.4, -0.2) is 35.9 Å². The number of amides is 2. The molecule has 2 N–H and O–H groups in total. The third kappa shape index (κ3) is 6.33. The zero-order valence-corrected chi connectivity index (χ0v) is 16.5. The Bertz CT molecular complexity index is 1130. The van der Waals surface area contributed by atoms with E-state index in [1.807, 2.05) is 0 Å². The van der Waals surface area contributed by atoms with Crippen molar-refractivity contribution in [2.45, 2.75) is 0 Å². The van der Waals surface area contributed by atoms with Crippen molar-refractivity contribution < 1.29 is 32.6 Å². The highest BCUT2D eigenvalue weighted by Crippen LogP contribution is 2.25. The van der Waals surface area contributed by atoms with Gasteiger partial charge in [0.25, 0.3) is 5.91 Å². The maximum absolute atomic E-state index is 13.2. The van der Waals surface area contributed by atoms with E-state index in [0.29, 0.717) is 5.75 Å². The maximum atomic E-state index is 13.2. The molecular formula is C22H17F2N3O5. The van der Waals surface area contributed by atoms with Crippen molar-refractivity contribution in [2.75, 3.05) is 18.5 Å². The van der Waals surface area contributed by atoms with E-state index < -0.39 is 42.6 Å². The number of anilines is 1. The minimum atomic E-state index is -1.12. The zero-order chi connectivity index (χ0) is 22.9. The van der Waals surface area contributed by atoms with Gasteiger partial charge in [-0.15, -0.1) is 0 Å². The number of carbonyl (C=O) groups is 3. The SMILES string of the molecule is O=C(COC(=O)c1ccccc1Oc1cccnc1)NCC(=O)Nc1ccc(F)c(F)c1. The van der Waals surface area contributed by atoms with Crippen molar-refractivity contribution in [3.63, 3.8) is 0 Å². The molecule has 2 aromatic carbocycles. The van der Waals surface area contributed by atoms with Crippen molar-refractivity contribution in [3.05, 3.63) is 84.2 Å². The van der Waals surface area contributed by atoms with Crippen molar-refractivity contribution in [1.82, 2.24) is 10.3 Å². The summed E-state index contributed by atoms with van der Waals surface area (Å²) in [6, 6.07) is 12.5. The number of esters is 1. The van der Waals surface area contributed by atoms with Crippen LogP contribution in [0.5, 0.6) is 11.5 Å². The standard InChI is InChI=1S/C22H17F2N3O5/c23-17-8-7-14(10-18(17)24)27-20(28)12-26-21(29)13-31-22(30)16-5-1-2-6-19(16)32-15-4-3-9-25-11-15/h1-11H,12-13H2,(H,26,29)(H,27,28). The van der Waals surface area contributed by atoms with Crippen LogP contribution < -0.4 is 15.4 Å². The molecule has 3 aromatic rings. The van der Waals surface area contributed by atoms with Crippen LogP contribution in [0.1, 0.15) is 10.4 Å². The van der Waals surface area contributed by atoms with E-state index in [0.717, 1.165) is 12.1 Å². The molecule has 8 nitrogen and oxygen atoms in total. The van der Waals surface area contributed by atoms with E-state index >= 15 is 0 Å². The summed E-state index contributed by atoms with van der Waals surface area (Å²) >= 11 is 0. The number of aromatic nitrogens is 1. The van der Waals surface area contributed by atoms with Gasteiger partial charge in [-0.05, 0) is 36.4 Å². The Kier molecular flexibility index (Phi) is 7.42. The topological polar surface area (TPSA) is 107 Å². The van der Waals surface area contributed by atoms with Crippen molar-refractivity contribution in [1.29, 1.82) is 0 Å². The van der Waals surface area contributed by atoms with E-state index in [4.69, 9.17) is 9.47 Å². The summed E-state index contributed by atoms with van der Waals surface area (Å²) in [4.78, 5) is 40.0. The van der Waals surface area contributed by atoms with Gasteiger partial charge in [-0.1, -0.05) is 12.1 Å². The van der Waals surface area contributed by atoms with Gasteiger partial charge in [0, 0.05) is 18.0 Å². The van der Waals surface area contributed by atoms with E-state index in [1.165, 1.54) is 18.3 Å². The second-order valence-corrected chi connectivity index (χ2v) is 6.32. The molecule has 0 bridgehead atoms. The monoisotopic (exact) mass is 441 g/mol. The molecule has 0 aliphatic rings. The molecule has 2 amide bonds. The first-order chi connectivity index (χ1) is 15.4. The molecule has 0 saturated heterocycles. The van der Waals surface area contributed by atoms with Gasteiger partial charge in [0.15, 0.2) is 18.2 Å². The van der Waals surface area contributed by atoms with Gasteiger partial charge in [-0.2, -0.15) is 0 Å². The fourth-order valence-electron chi connectivity index (χ4n) is 2.48. The van der Waals surface area contributed by atoms with Crippen LogP contribution in [0.15, 0.2) is 67.0 Å². The number of hydrogen-bond donors (Lipinski definition) is 2. The number of rotatable bonds is 8. The second kappa shape index (κ2) is 10.6. The van der Waals surface area contributed by atoms with Crippen LogP contribution in [0.25, 0.3) is 0 Å². The summed E-state index contributed by atoms with van der Waals surface area (Å²) in [5.74, 6) is -3.74. The largest absolute Gasteiger partial charge is 0.455 e. The van der Waals surface area contributed by atoms with Gasteiger partial charge >= 0.3 is 5.97 Å². The first kappa shape index (κ1) is 22.3. The van der Waals surface area contributed by atoms with E-state index in [1.54, 1.807) is 36.5 Å². The maximum Gasteiger partial charge on any atom is 0.342 e. The van der Waals surface area contributed by atoms with Crippen LogP contribution in [0.4, 0.5) is 14.5 Å². The van der Waals surface area contributed by atoms with Crippen molar-refractivity contribution >= 4 is 23.5 Å². The molecule has 32 heavy (non-hydrogen) atoms. The Morgan fingerprint density at radius 1 is 0.938 bits per heavy atom. The smallest absolute Gasteiger partial charge is 0.342 e. The molecule has 1 heterocycles. The van der Waals surface area contributed by atoms with E-state index in [9.17, 15) is 23.2 Å². The number of carbonyl (C=O) groups excluding carboxylic acids is 3. The minimum Gasteiger partial charge on any atom is -0.455 e. The van der Waals surface area contributed by atoms with Crippen LogP contribution in [0.3, 0.4) is 0 Å². The summed E-state index contributed by atoms with van der Waals surface area (Å²) in [5, 5.41) is 4.55. The molecule has 0 radical (unpaired) electrons. The molecule has 0 spiro atoms. The van der Waals surface area contributed by atoms with Crippen LogP contribution in [0, 0.1) is 11.6 Å². The average Bonchev–Trinajstić information content (AvgIpc) is 2.79. The summed E-state index contributed by atoms with van der Waals surface area (Å²) < 4.78 is 36.7.